The van der Waals surface area contributed by atoms with E-state index in [0.29, 0.717) is 11.3 Å². The number of carbonyl (C=O) groups excluding carboxylic acids is 1. The minimum absolute atomic E-state index is 0.367. The molecule has 0 amide bonds. The summed E-state index contributed by atoms with van der Waals surface area (Å²) in [5.41, 5.74) is 0.514. The Morgan fingerprint density at radius 2 is 1.55 bits per heavy atom. The van der Waals surface area contributed by atoms with Gasteiger partial charge in [0.1, 0.15) is 5.75 Å². The number of hydrogen-bond donors (Lipinski definition) is 0. The maximum Gasteiger partial charge on any atom is 0.344 e. The van der Waals surface area contributed by atoms with Crippen LogP contribution in [-0.2, 0) is 0 Å². The van der Waals surface area contributed by atoms with Gasteiger partial charge in [0.15, 0.2) is 0 Å². The Balaban J connectivity index is 1.98. The molecule has 20 heavy (non-hydrogen) atoms. The number of ether oxygens (including phenoxy) is 1. The highest BCUT2D eigenvalue weighted by Crippen LogP contribution is 2.26. The molecule has 3 aromatic carbocycles. The maximum atomic E-state index is 12.2. The normalized spacial score (nSPS) is 10.4. The highest BCUT2D eigenvalue weighted by Gasteiger charge is 2.13. The van der Waals surface area contributed by atoms with Crippen LogP contribution in [0.15, 0.2) is 71.2 Å². The summed E-state index contributed by atoms with van der Waals surface area (Å²) in [4.78, 5) is 12.2. The molecule has 98 valence electrons. The summed E-state index contributed by atoms with van der Waals surface area (Å²) in [6.45, 7) is 0. The van der Waals surface area contributed by atoms with Crippen LogP contribution in [0.25, 0.3) is 10.8 Å². The van der Waals surface area contributed by atoms with Crippen molar-refractivity contribution in [1.82, 2.24) is 0 Å². The molecule has 0 unspecified atom stereocenters. The van der Waals surface area contributed by atoms with Crippen molar-refractivity contribution in [2.24, 2.45) is 0 Å². The average molecular weight is 327 g/mol. The van der Waals surface area contributed by atoms with Gasteiger partial charge in [-0.1, -0.05) is 48.5 Å². The molecule has 0 aliphatic rings. The van der Waals surface area contributed by atoms with Gasteiger partial charge in [0.2, 0.25) is 0 Å². The van der Waals surface area contributed by atoms with Gasteiger partial charge < -0.3 is 4.74 Å². The number of carbonyl (C=O) groups is 1. The third kappa shape index (κ3) is 2.45. The number of fused-ring (bicyclic) bond motifs is 1. The number of halogens is 1. The predicted molar refractivity (Wildman–Crippen MR) is 83.0 cm³/mol. The van der Waals surface area contributed by atoms with Crippen LogP contribution in [0.1, 0.15) is 10.4 Å². The van der Waals surface area contributed by atoms with Gasteiger partial charge in [-0.3, -0.25) is 0 Å². The molecule has 3 heteroatoms. The van der Waals surface area contributed by atoms with Crippen LogP contribution < -0.4 is 4.74 Å². The third-order valence-electron chi connectivity index (χ3n) is 3.05. The van der Waals surface area contributed by atoms with E-state index in [2.05, 4.69) is 15.9 Å². The van der Waals surface area contributed by atoms with Crippen molar-refractivity contribution < 1.29 is 9.53 Å². The Morgan fingerprint density at radius 1 is 0.850 bits per heavy atom. The van der Waals surface area contributed by atoms with Crippen LogP contribution >= 0.6 is 15.9 Å². The van der Waals surface area contributed by atoms with Gasteiger partial charge in [-0.05, 0) is 39.5 Å². The number of hydrogen-bond acceptors (Lipinski definition) is 2. The first-order valence-corrected chi connectivity index (χ1v) is 6.99. The molecular formula is C17H11BrO2. The zero-order chi connectivity index (χ0) is 13.9. The van der Waals surface area contributed by atoms with E-state index in [1.54, 1.807) is 12.1 Å². The Kier molecular flexibility index (Phi) is 3.52. The number of benzene rings is 3. The Hall–Kier alpha value is -2.13. The largest absolute Gasteiger partial charge is 0.422 e. The van der Waals surface area contributed by atoms with Gasteiger partial charge >= 0.3 is 5.97 Å². The summed E-state index contributed by atoms with van der Waals surface area (Å²) in [6, 6.07) is 20.7. The minimum Gasteiger partial charge on any atom is -0.422 e. The van der Waals surface area contributed by atoms with Crippen molar-refractivity contribution in [3.05, 3.63) is 76.8 Å². The first kappa shape index (κ1) is 12.9. The zero-order valence-electron chi connectivity index (χ0n) is 10.5. The summed E-state index contributed by atoms with van der Waals surface area (Å²) in [7, 11) is 0. The molecule has 0 heterocycles. The average Bonchev–Trinajstić information content (AvgIpc) is 2.48. The van der Waals surface area contributed by atoms with Crippen molar-refractivity contribution >= 4 is 32.7 Å². The lowest BCUT2D eigenvalue weighted by Crippen LogP contribution is -2.09. The molecule has 0 spiro atoms. The highest BCUT2D eigenvalue weighted by atomic mass is 79.9. The minimum atomic E-state index is -0.367. The Labute approximate surface area is 125 Å². The SMILES string of the molecule is O=C(Oc1cccc2ccccc12)c1ccccc1Br. The molecular weight excluding hydrogens is 316 g/mol. The van der Waals surface area contributed by atoms with Crippen molar-refractivity contribution in [1.29, 1.82) is 0 Å². The van der Waals surface area contributed by atoms with Crippen LogP contribution in [0, 0.1) is 0 Å². The van der Waals surface area contributed by atoms with Gasteiger partial charge in [-0.2, -0.15) is 0 Å². The van der Waals surface area contributed by atoms with Gasteiger partial charge in [0.05, 0.1) is 5.56 Å². The summed E-state index contributed by atoms with van der Waals surface area (Å²) in [5.74, 6) is 0.206. The predicted octanol–water partition coefficient (Wildman–Crippen LogP) is 4.82. The van der Waals surface area contributed by atoms with Crippen LogP contribution in [0.3, 0.4) is 0 Å². The van der Waals surface area contributed by atoms with Gasteiger partial charge in [-0.25, -0.2) is 4.79 Å². The summed E-state index contributed by atoms with van der Waals surface area (Å²) >= 11 is 3.36. The Bertz CT molecular complexity index is 775. The highest BCUT2D eigenvalue weighted by molar-refractivity contribution is 9.10. The van der Waals surface area contributed by atoms with Gasteiger partial charge in [0, 0.05) is 9.86 Å². The second-order valence-electron chi connectivity index (χ2n) is 4.35. The lowest BCUT2D eigenvalue weighted by Gasteiger charge is -2.08. The van der Waals surface area contributed by atoms with Crippen LogP contribution in [0.2, 0.25) is 0 Å². The molecule has 2 nitrogen and oxygen atoms in total. The fraction of sp³-hybridized carbons (Fsp3) is 0. The van der Waals surface area contributed by atoms with Gasteiger partial charge in [-0.15, -0.1) is 0 Å². The fourth-order valence-corrected chi connectivity index (χ4v) is 2.51. The van der Waals surface area contributed by atoms with E-state index < -0.39 is 0 Å². The van der Waals surface area contributed by atoms with E-state index in [4.69, 9.17) is 4.74 Å². The number of rotatable bonds is 2. The van der Waals surface area contributed by atoms with E-state index >= 15 is 0 Å². The van der Waals surface area contributed by atoms with Crippen LogP contribution in [0.5, 0.6) is 5.75 Å². The molecule has 0 saturated carbocycles. The summed E-state index contributed by atoms with van der Waals surface area (Å²) in [6.07, 6.45) is 0. The maximum absolute atomic E-state index is 12.2. The summed E-state index contributed by atoms with van der Waals surface area (Å²) in [5, 5.41) is 1.97. The molecule has 0 fully saturated rings. The van der Waals surface area contributed by atoms with E-state index in [9.17, 15) is 4.79 Å². The molecule has 0 aromatic heterocycles. The zero-order valence-corrected chi connectivity index (χ0v) is 12.1. The lowest BCUT2D eigenvalue weighted by atomic mass is 10.1. The first-order chi connectivity index (χ1) is 9.75. The Morgan fingerprint density at radius 3 is 2.40 bits per heavy atom. The van der Waals surface area contributed by atoms with Crippen LogP contribution in [-0.4, -0.2) is 5.97 Å². The smallest absolute Gasteiger partial charge is 0.344 e. The van der Waals surface area contributed by atoms with Crippen molar-refractivity contribution in [2.45, 2.75) is 0 Å². The molecule has 0 N–H and O–H groups in total. The molecule has 0 radical (unpaired) electrons. The van der Waals surface area contributed by atoms with Crippen molar-refractivity contribution in [3.8, 4) is 5.75 Å². The third-order valence-corrected chi connectivity index (χ3v) is 3.74. The lowest BCUT2D eigenvalue weighted by molar-refractivity contribution is 0.0736. The second kappa shape index (κ2) is 5.47. The quantitative estimate of drug-likeness (QED) is 0.498. The molecule has 0 aliphatic carbocycles. The van der Waals surface area contributed by atoms with E-state index in [0.717, 1.165) is 15.2 Å². The molecule has 3 aromatic rings. The molecule has 0 atom stereocenters. The van der Waals surface area contributed by atoms with Crippen molar-refractivity contribution in [2.75, 3.05) is 0 Å². The second-order valence-corrected chi connectivity index (χ2v) is 5.20. The molecule has 0 bridgehead atoms. The molecule has 0 saturated heterocycles. The fourth-order valence-electron chi connectivity index (χ4n) is 2.07. The van der Waals surface area contributed by atoms with E-state index in [1.165, 1.54) is 0 Å². The molecule has 0 aliphatic heterocycles. The van der Waals surface area contributed by atoms with E-state index in [-0.39, 0.29) is 5.97 Å². The first-order valence-electron chi connectivity index (χ1n) is 6.20. The molecule has 3 rings (SSSR count). The summed E-state index contributed by atoms with van der Waals surface area (Å²) < 4.78 is 6.25. The number of esters is 1. The monoisotopic (exact) mass is 326 g/mol. The van der Waals surface area contributed by atoms with Gasteiger partial charge in [0.25, 0.3) is 0 Å². The van der Waals surface area contributed by atoms with Crippen LogP contribution in [0.4, 0.5) is 0 Å². The standard InChI is InChI=1S/C17H11BrO2/c18-15-10-4-3-9-14(15)17(19)20-16-11-5-7-12-6-1-2-8-13(12)16/h1-11H. The van der Waals surface area contributed by atoms with E-state index in [1.807, 2.05) is 54.6 Å². The topological polar surface area (TPSA) is 26.3 Å². The van der Waals surface area contributed by atoms with Crippen molar-refractivity contribution in [3.63, 3.8) is 0 Å².